The van der Waals surface area contributed by atoms with E-state index >= 15 is 0 Å². The summed E-state index contributed by atoms with van der Waals surface area (Å²) in [6.45, 7) is 4.42. The highest BCUT2D eigenvalue weighted by molar-refractivity contribution is 6.30. The van der Waals surface area contributed by atoms with E-state index in [1.54, 1.807) is 24.3 Å². The van der Waals surface area contributed by atoms with Crippen molar-refractivity contribution in [1.82, 2.24) is 0 Å². The summed E-state index contributed by atoms with van der Waals surface area (Å²) >= 11 is 5.77. The molecule has 1 aromatic carbocycles. The highest BCUT2D eigenvalue weighted by Crippen LogP contribution is 2.17. The summed E-state index contributed by atoms with van der Waals surface area (Å²) in [4.78, 5) is 23.0. The number of hydrogen-bond acceptors (Lipinski definition) is 4. The minimum Gasteiger partial charge on any atom is -0.465 e. The van der Waals surface area contributed by atoms with Crippen molar-refractivity contribution in [3.05, 3.63) is 29.3 Å². The zero-order chi connectivity index (χ0) is 15.0. The number of hydrogen-bond donors (Lipinski definition) is 0. The van der Waals surface area contributed by atoms with Crippen LogP contribution in [0, 0.1) is 5.92 Å². The van der Waals surface area contributed by atoms with Gasteiger partial charge in [0, 0.05) is 5.02 Å². The summed E-state index contributed by atoms with van der Waals surface area (Å²) in [5.74, 6) is -0.158. The molecule has 0 saturated heterocycles. The molecule has 0 aliphatic heterocycles. The van der Waals surface area contributed by atoms with E-state index in [9.17, 15) is 9.59 Å². The molecule has 20 heavy (non-hydrogen) atoms. The van der Waals surface area contributed by atoms with Crippen LogP contribution in [0.1, 0.15) is 33.1 Å². The molecule has 1 atom stereocenters. The SMILES string of the molecule is CCC(C)COC(=O)CCC(=O)Oc1cccc(Cl)c1. The van der Waals surface area contributed by atoms with Gasteiger partial charge in [0.25, 0.3) is 0 Å². The van der Waals surface area contributed by atoms with Crippen LogP contribution in [0.15, 0.2) is 24.3 Å². The summed E-state index contributed by atoms with van der Waals surface area (Å²) in [5.41, 5.74) is 0. The summed E-state index contributed by atoms with van der Waals surface area (Å²) in [5, 5.41) is 0.489. The van der Waals surface area contributed by atoms with Gasteiger partial charge in [-0.15, -0.1) is 0 Å². The van der Waals surface area contributed by atoms with Crippen molar-refractivity contribution in [2.75, 3.05) is 6.61 Å². The molecule has 1 rings (SSSR count). The van der Waals surface area contributed by atoms with E-state index in [-0.39, 0.29) is 18.8 Å². The van der Waals surface area contributed by atoms with Gasteiger partial charge in [0.05, 0.1) is 19.4 Å². The van der Waals surface area contributed by atoms with Gasteiger partial charge in [-0.25, -0.2) is 0 Å². The molecule has 4 nitrogen and oxygen atoms in total. The smallest absolute Gasteiger partial charge is 0.311 e. The molecule has 1 aromatic rings. The molecular weight excluding hydrogens is 280 g/mol. The van der Waals surface area contributed by atoms with Crippen LogP contribution in [0.5, 0.6) is 5.75 Å². The summed E-state index contributed by atoms with van der Waals surface area (Å²) in [6.07, 6.45) is 0.964. The van der Waals surface area contributed by atoms with Crippen molar-refractivity contribution in [1.29, 1.82) is 0 Å². The van der Waals surface area contributed by atoms with Gasteiger partial charge >= 0.3 is 11.9 Å². The molecule has 0 bridgehead atoms. The van der Waals surface area contributed by atoms with Gasteiger partial charge in [-0.1, -0.05) is 37.9 Å². The lowest BCUT2D eigenvalue weighted by molar-refractivity contribution is -0.147. The molecule has 0 aliphatic rings. The van der Waals surface area contributed by atoms with Crippen LogP contribution < -0.4 is 4.74 Å². The Bertz CT molecular complexity index is 459. The fourth-order valence-corrected chi connectivity index (χ4v) is 1.52. The van der Waals surface area contributed by atoms with E-state index in [1.165, 1.54) is 0 Å². The van der Waals surface area contributed by atoms with E-state index < -0.39 is 5.97 Å². The largest absolute Gasteiger partial charge is 0.465 e. The van der Waals surface area contributed by atoms with Crippen molar-refractivity contribution in [3.8, 4) is 5.75 Å². The van der Waals surface area contributed by atoms with Gasteiger partial charge in [-0.05, 0) is 24.1 Å². The third-order valence-electron chi connectivity index (χ3n) is 2.79. The first-order valence-corrected chi connectivity index (χ1v) is 7.01. The number of esters is 2. The van der Waals surface area contributed by atoms with Gasteiger partial charge in [0.15, 0.2) is 0 Å². The third kappa shape index (κ3) is 6.57. The third-order valence-corrected chi connectivity index (χ3v) is 3.02. The van der Waals surface area contributed by atoms with Gasteiger partial charge < -0.3 is 9.47 Å². The molecule has 0 amide bonds. The molecule has 0 N–H and O–H groups in total. The van der Waals surface area contributed by atoms with Gasteiger partial charge in [-0.3, -0.25) is 9.59 Å². The quantitative estimate of drug-likeness (QED) is 0.570. The minimum atomic E-state index is -0.479. The molecule has 0 heterocycles. The highest BCUT2D eigenvalue weighted by atomic mass is 35.5. The number of ether oxygens (including phenoxy) is 2. The van der Waals surface area contributed by atoms with E-state index in [4.69, 9.17) is 21.1 Å². The van der Waals surface area contributed by atoms with Crippen molar-refractivity contribution < 1.29 is 19.1 Å². The molecule has 0 spiro atoms. The first-order valence-electron chi connectivity index (χ1n) is 6.63. The topological polar surface area (TPSA) is 52.6 Å². The first kappa shape index (κ1) is 16.5. The van der Waals surface area contributed by atoms with Crippen LogP contribution in [0.4, 0.5) is 0 Å². The summed E-state index contributed by atoms with van der Waals surface area (Å²) in [7, 11) is 0. The lowest BCUT2D eigenvalue weighted by Gasteiger charge is -2.09. The minimum absolute atomic E-state index is 0.00808. The van der Waals surface area contributed by atoms with E-state index in [0.29, 0.717) is 23.3 Å². The Balaban J connectivity index is 2.27. The molecule has 1 unspecified atom stereocenters. The molecule has 0 aromatic heterocycles. The fourth-order valence-electron chi connectivity index (χ4n) is 1.34. The molecule has 0 fully saturated rings. The maximum absolute atomic E-state index is 11.5. The molecule has 0 saturated carbocycles. The Morgan fingerprint density at radius 1 is 1.25 bits per heavy atom. The monoisotopic (exact) mass is 298 g/mol. The average Bonchev–Trinajstić information content (AvgIpc) is 2.42. The number of benzene rings is 1. The number of rotatable bonds is 7. The van der Waals surface area contributed by atoms with Crippen molar-refractivity contribution in [3.63, 3.8) is 0 Å². The summed E-state index contributed by atoms with van der Waals surface area (Å²) < 4.78 is 10.1. The van der Waals surface area contributed by atoms with Crippen molar-refractivity contribution in [2.45, 2.75) is 33.1 Å². The van der Waals surface area contributed by atoms with Crippen LogP contribution in [-0.4, -0.2) is 18.5 Å². The van der Waals surface area contributed by atoms with E-state index in [1.807, 2.05) is 13.8 Å². The van der Waals surface area contributed by atoms with Gasteiger partial charge in [-0.2, -0.15) is 0 Å². The van der Waals surface area contributed by atoms with Crippen molar-refractivity contribution >= 4 is 23.5 Å². The van der Waals surface area contributed by atoms with Crippen molar-refractivity contribution in [2.24, 2.45) is 5.92 Å². The molecular formula is C15H19ClO4. The maximum atomic E-state index is 11.5. The van der Waals surface area contributed by atoms with Crippen LogP contribution in [0.25, 0.3) is 0 Å². The molecule has 110 valence electrons. The fraction of sp³-hybridized carbons (Fsp3) is 0.467. The van der Waals surface area contributed by atoms with Gasteiger partial charge in [0.1, 0.15) is 5.75 Å². The van der Waals surface area contributed by atoms with Gasteiger partial charge in [0.2, 0.25) is 0 Å². The lowest BCUT2D eigenvalue weighted by Crippen LogP contribution is -2.14. The Morgan fingerprint density at radius 2 is 1.95 bits per heavy atom. The summed E-state index contributed by atoms with van der Waals surface area (Å²) in [6, 6.07) is 6.54. The zero-order valence-electron chi connectivity index (χ0n) is 11.7. The van der Waals surface area contributed by atoms with E-state index in [0.717, 1.165) is 6.42 Å². The average molecular weight is 299 g/mol. The number of carbonyl (C=O) groups is 2. The Kier molecular flexibility index (Phi) is 7.09. The van der Waals surface area contributed by atoms with E-state index in [2.05, 4.69) is 0 Å². The van der Waals surface area contributed by atoms with Crippen LogP contribution in [0.3, 0.4) is 0 Å². The van der Waals surface area contributed by atoms with Crippen LogP contribution in [0.2, 0.25) is 5.02 Å². The predicted molar refractivity (Wildman–Crippen MR) is 76.7 cm³/mol. The molecule has 0 aliphatic carbocycles. The zero-order valence-corrected chi connectivity index (χ0v) is 12.5. The standard InChI is InChI=1S/C15H19ClO4/c1-3-11(2)10-19-14(17)7-8-15(18)20-13-6-4-5-12(16)9-13/h4-6,9,11H,3,7-8,10H2,1-2H3. The Hall–Kier alpha value is -1.55. The lowest BCUT2D eigenvalue weighted by atomic mass is 10.1. The number of carbonyl (C=O) groups excluding carboxylic acids is 2. The second-order valence-corrected chi connectivity index (χ2v) is 5.06. The second kappa shape index (κ2) is 8.59. The van der Waals surface area contributed by atoms with Crippen LogP contribution >= 0.6 is 11.6 Å². The molecule has 5 heteroatoms. The van der Waals surface area contributed by atoms with Crippen LogP contribution in [-0.2, 0) is 14.3 Å². The second-order valence-electron chi connectivity index (χ2n) is 4.63. The Labute approximate surface area is 124 Å². The Morgan fingerprint density at radius 3 is 2.60 bits per heavy atom. The first-order chi connectivity index (χ1) is 9.51. The normalized spacial score (nSPS) is 11.8. The molecule has 0 radical (unpaired) electrons. The predicted octanol–water partition coefficient (Wildman–Crippen LogP) is 3.61. The highest BCUT2D eigenvalue weighted by Gasteiger charge is 2.11. The number of halogens is 1. The maximum Gasteiger partial charge on any atom is 0.311 e.